The fourth-order valence-electron chi connectivity index (χ4n) is 11.1. The highest BCUT2D eigenvalue weighted by Gasteiger charge is 2.30. The molecule has 0 aliphatic rings. The number of rotatable bonds is 72. The van der Waals surface area contributed by atoms with Crippen LogP contribution in [0.4, 0.5) is 0 Å². The molecule has 0 saturated heterocycles. The molecule has 3 N–H and O–H groups in total. The Balaban J connectivity index is 5.22. The van der Waals surface area contributed by atoms with E-state index < -0.39 is 97.5 Å². The zero-order valence-electron chi connectivity index (χ0n) is 59.9. The molecule has 0 spiro atoms. The number of esters is 4. The Labute approximate surface area is 562 Å². The number of phosphoric ester groups is 2. The van der Waals surface area contributed by atoms with Crippen molar-refractivity contribution < 1.29 is 80.2 Å². The zero-order valence-corrected chi connectivity index (χ0v) is 61.6. The lowest BCUT2D eigenvalue weighted by molar-refractivity contribution is -0.161. The van der Waals surface area contributed by atoms with Crippen molar-refractivity contribution in [2.24, 2.45) is 11.8 Å². The first kappa shape index (κ1) is 90.1. The number of phosphoric acid groups is 2. The van der Waals surface area contributed by atoms with Gasteiger partial charge in [0.25, 0.3) is 0 Å². The number of aliphatic hydroxyl groups excluding tert-OH is 1. The number of unbranched alkanes of at least 4 members (excludes halogenated alkanes) is 41. The highest BCUT2D eigenvalue weighted by atomic mass is 31.2. The lowest BCUT2D eigenvalue weighted by atomic mass is 9.99. The maximum absolute atomic E-state index is 13.1. The summed E-state index contributed by atoms with van der Waals surface area (Å²) in [6.45, 7) is 9.60. The summed E-state index contributed by atoms with van der Waals surface area (Å²) in [5.74, 6) is -0.509. The molecule has 0 saturated carbocycles. The Morgan fingerprint density at radius 2 is 0.554 bits per heavy atom. The third-order valence-electron chi connectivity index (χ3n) is 17.3. The first-order valence-corrected chi connectivity index (χ1v) is 41.0. The molecule has 0 aromatic carbocycles. The molecule has 0 heterocycles. The molecule has 3 unspecified atom stereocenters. The van der Waals surface area contributed by atoms with E-state index in [0.717, 1.165) is 108 Å². The van der Waals surface area contributed by atoms with Gasteiger partial charge >= 0.3 is 39.5 Å². The Hall–Kier alpha value is -1.94. The number of carbonyl (C=O) groups is 4. The van der Waals surface area contributed by atoms with E-state index in [0.29, 0.717) is 25.7 Å². The molecule has 546 valence electrons. The number of carbonyl (C=O) groups excluding carboxylic acids is 4. The minimum Gasteiger partial charge on any atom is -0.462 e. The Morgan fingerprint density at radius 3 is 0.826 bits per heavy atom. The van der Waals surface area contributed by atoms with Gasteiger partial charge in [0.1, 0.15) is 19.3 Å². The molecule has 17 nitrogen and oxygen atoms in total. The quantitative estimate of drug-likeness (QED) is 0.0222. The van der Waals surface area contributed by atoms with Crippen LogP contribution in [0.15, 0.2) is 0 Å². The molecule has 92 heavy (non-hydrogen) atoms. The van der Waals surface area contributed by atoms with Gasteiger partial charge in [-0.1, -0.05) is 324 Å². The summed E-state index contributed by atoms with van der Waals surface area (Å²) in [6.07, 6.45) is 51.2. The summed E-state index contributed by atoms with van der Waals surface area (Å²) in [5.41, 5.74) is 0. The Kier molecular flexibility index (Phi) is 63.7. The van der Waals surface area contributed by atoms with Crippen LogP contribution >= 0.6 is 15.6 Å². The molecule has 6 atom stereocenters. The number of hydrogen-bond acceptors (Lipinski definition) is 15. The molecule has 0 fully saturated rings. The molecule has 0 bridgehead atoms. The van der Waals surface area contributed by atoms with Crippen molar-refractivity contribution in [1.29, 1.82) is 0 Å². The van der Waals surface area contributed by atoms with E-state index in [1.54, 1.807) is 0 Å². The van der Waals surface area contributed by atoms with Crippen molar-refractivity contribution in [1.82, 2.24) is 0 Å². The van der Waals surface area contributed by atoms with E-state index in [1.165, 1.54) is 186 Å². The number of ether oxygens (including phenoxy) is 4. The second-order valence-corrected chi connectivity index (χ2v) is 30.0. The Morgan fingerprint density at radius 1 is 0.315 bits per heavy atom. The van der Waals surface area contributed by atoms with Crippen LogP contribution in [0.1, 0.15) is 375 Å². The van der Waals surface area contributed by atoms with Crippen molar-refractivity contribution in [3.8, 4) is 0 Å². The molecule has 0 amide bonds. The summed E-state index contributed by atoms with van der Waals surface area (Å²) in [6, 6.07) is 0. The van der Waals surface area contributed by atoms with Gasteiger partial charge in [0.05, 0.1) is 26.4 Å². The second-order valence-electron chi connectivity index (χ2n) is 27.1. The molecule has 0 aliphatic heterocycles. The molecule has 19 heteroatoms. The third-order valence-corrected chi connectivity index (χ3v) is 19.2. The van der Waals surface area contributed by atoms with Gasteiger partial charge in [-0.2, -0.15) is 0 Å². The van der Waals surface area contributed by atoms with Crippen molar-refractivity contribution in [2.45, 2.75) is 394 Å². The normalized spacial score (nSPS) is 14.4. The molecule has 0 aliphatic carbocycles. The van der Waals surface area contributed by atoms with E-state index in [-0.39, 0.29) is 25.7 Å². The van der Waals surface area contributed by atoms with Gasteiger partial charge in [0.15, 0.2) is 12.2 Å². The van der Waals surface area contributed by atoms with Gasteiger partial charge in [-0.25, -0.2) is 9.13 Å². The zero-order chi connectivity index (χ0) is 67.9. The minimum atomic E-state index is -4.95. The van der Waals surface area contributed by atoms with Crippen LogP contribution in [-0.2, 0) is 65.4 Å². The predicted molar refractivity (Wildman–Crippen MR) is 372 cm³/mol. The van der Waals surface area contributed by atoms with Crippen molar-refractivity contribution in [3.05, 3.63) is 0 Å². The predicted octanol–water partition coefficient (Wildman–Crippen LogP) is 21.2. The summed E-state index contributed by atoms with van der Waals surface area (Å²) in [5, 5.41) is 10.6. The minimum absolute atomic E-state index is 0.107. The van der Waals surface area contributed by atoms with Gasteiger partial charge in [-0.15, -0.1) is 0 Å². The maximum atomic E-state index is 13.1. The summed E-state index contributed by atoms with van der Waals surface area (Å²) < 4.78 is 68.3. The molecular weight excluding hydrogens is 1210 g/mol. The molecule has 0 rings (SSSR count). The molecular formula is C73H142O17P2. The van der Waals surface area contributed by atoms with E-state index in [9.17, 15) is 43.2 Å². The largest absolute Gasteiger partial charge is 0.472 e. The second kappa shape index (κ2) is 65.0. The van der Waals surface area contributed by atoms with Gasteiger partial charge in [0.2, 0.25) is 0 Å². The fraction of sp³-hybridized carbons (Fsp3) is 0.945. The average molecular weight is 1350 g/mol. The van der Waals surface area contributed by atoms with E-state index in [1.807, 2.05) is 0 Å². The topological polar surface area (TPSA) is 237 Å². The van der Waals surface area contributed by atoms with Crippen LogP contribution in [0, 0.1) is 11.8 Å². The van der Waals surface area contributed by atoms with Crippen molar-refractivity contribution in [3.63, 3.8) is 0 Å². The highest BCUT2D eigenvalue weighted by Crippen LogP contribution is 2.45. The van der Waals surface area contributed by atoms with Crippen LogP contribution in [-0.4, -0.2) is 96.7 Å². The standard InChI is InChI=1S/C73H142O17P2/c1-7-10-12-14-16-18-19-26-33-39-45-51-57-72(77)89-68(61-83-70(75)55-49-43-37-17-15-13-11-8-2)63-87-91(79,80)85-59-67(74)60-86-92(81,82)88-64-69(62-84-71(76)56-50-44-38-32-29-28-31-36-42-48-54-66(6)9-3)90-73(78)58-52-46-40-34-27-24-22-20-21-23-25-30-35-41-47-53-65(4)5/h65-69,74H,7-64H2,1-6H3,(H,79,80)(H,81,82)/t66?,67-,68+,69+/m0/s1. The SMILES string of the molecule is CCCCCCCCCCCCCCC(=O)O[C@H](COC(=O)CCCCCCCCCC)COP(=O)(O)OC[C@H](O)COP(=O)(O)OC[C@@H](COC(=O)CCCCCCCCCCCCC(C)CC)OC(=O)CCCCCCCCCCCCCCCCCC(C)C. The maximum Gasteiger partial charge on any atom is 0.472 e. The molecule has 0 aromatic heterocycles. The van der Waals surface area contributed by atoms with Gasteiger partial charge < -0.3 is 33.8 Å². The average Bonchev–Trinajstić information content (AvgIpc) is 3.46. The first-order chi connectivity index (χ1) is 44.4. The first-order valence-electron chi connectivity index (χ1n) is 38.0. The number of hydrogen-bond donors (Lipinski definition) is 3. The summed E-state index contributed by atoms with van der Waals surface area (Å²) >= 11 is 0. The van der Waals surface area contributed by atoms with Crippen LogP contribution in [0.5, 0.6) is 0 Å². The van der Waals surface area contributed by atoms with E-state index in [4.69, 9.17) is 37.0 Å². The monoisotopic (exact) mass is 1350 g/mol. The van der Waals surface area contributed by atoms with E-state index in [2.05, 4.69) is 41.5 Å². The smallest absolute Gasteiger partial charge is 0.462 e. The lowest BCUT2D eigenvalue weighted by Crippen LogP contribution is -2.30. The molecule has 0 radical (unpaired) electrons. The Bertz CT molecular complexity index is 1790. The lowest BCUT2D eigenvalue weighted by Gasteiger charge is -2.21. The van der Waals surface area contributed by atoms with Gasteiger partial charge in [0, 0.05) is 25.7 Å². The third kappa shape index (κ3) is 65.4. The summed E-state index contributed by atoms with van der Waals surface area (Å²) in [4.78, 5) is 72.6. The van der Waals surface area contributed by atoms with Crippen molar-refractivity contribution >= 4 is 39.5 Å². The van der Waals surface area contributed by atoms with Crippen LogP contribution < -0.4 is 0 Å². The van der Waals surface area contributed by atoms with Crippen LogP contribution in [0.3, 0.4) is 0 Å². The fourth-order valence-corrected chi connectivity index (χ4v) is 12.7. The highest BCUT2D eigenvalue weighted by molar-refractivity contribution is 7.47. The van der Waals surface area contributed by atoms with Crippen LogP contribution in [0.25, 0.3) is 0 Å². The van der Waals surface area contributed by atoms with E-state index >= 15 is 0 Å². The van der Waals surface area contributed by atoms with Gasteiger partial charge in [-0.3, -0.25) is 37.3 Å². The van der Waals surface area contributed by atoms with Crippen LogP contribution in [0.2, 0.25) is 0 Å². The molecule has 0 aromatic rings. The van der Waals surface area contributed by atoms with Gasteiger partial charge in [-0.05, 0) is 37.5 Å². The van der Waals surface area contributed by atoms with Crippen molar-refractivity contribution in [2.75, 3.05) is 39.6 Å². The summed E-state index contributed by atoms with van der Waals surface area (Å²) in [7, 11) is -9.90. The number of aliphatic hydroxyl groups is 1.